The first-order valence-corrected chi connectivity index (χ1v) is 10.6. The minimum atomic E-state index is -0.258. The third-order valence-electron chi connectivity index (χ3n) is 4.79. The van der Waals surface area contributed by atoms with Crippen LogP contribution in [0.5, 0.6) is 0 Å². The Bertz CT molecular complexity index is 1030. The van der Waals surface area contributed by atoms with Gasteiger partial charge in [-0.15, -0.1) is 10.2 Å². The highest BCUT2D eigenvalue weighted by Gasteiger charge is 2.13. The van der Waals surface area contributed by atoms with Crippen LogP contribution in [-0.4, -0.2) is 38.9 Å². The Morgan fingerprint density at radius 1 is 1.00 bits per heavy atom. The van der Waals surface area contributed by atoms with Gasteiger partial charge in [-0.1, -0.05) is 54.2 Å². The number of thioether (sulfide) groups is 1. The van der Waals surface area contributed by atoms with Crippen LogP contribution in [0.4, 0.5) is 5.69 Å². The SMILES string of the molecule is Cc1cccc(NC(=O)CNC(=O)CSc2nnc(Cc3ccccc3)n2C)c1C. The summed E-state index contributed by atoms with van der Waals surface area (Å²) in [5.74, 6) is 0.500. The van der Waals surface area contributed by atoms with E-state index >= 15 is 0 Å². The zero-order chi connectivity index (χ0) is 21.5. The van der Waals surface area contributed by atoms with Crippen molar-refractivity contribution in [3.05, 3.63) is 71.0 Å². The molecule has 0 spiro atoms. The second kappa shape index (κ2) is 10.1. The standard InChI is InChI=1S/C22H25N5O2S/c1-15-8-7-11-18(16(15)2)24-20(28)13-23-21(29)14-30-22-26-25-19(27(22)3)12-17-9-5-4-6-10-17/h4-11H,12-14H2,1-3H3,(H,23,29)(H,24,28). The molecular formula is C22H25N5O2S. The van der Waals surface area contributed by atoms with E-state index in [1.807, 2.05) is 74.0 Å². The van der Waals surface area contributed by atoms with Crippen molar-refractivity contribution in [1.82, 2.24) is 20.1 Å². The zero-order valence-electron chi connectivity index (χ0n) is 17.3. The molecular weight excluding hydrogens is 398 g/mol. The van der Waals surface area contributed by atoms with Crippen molar-refractivity contribution in [3.63, 3.8) is 0 Å². The fourth-order valence-electron chi connectivity index (χ4n) is 2.84. The summed E-state index contributed by atoms with van der Waals surface area (Å²) in [6.07, 6.45) is 0.676. The molecule has 0 saturated heterocycles. The van der Waals surface area contributed by atoms with Gasteiger partial charge in [0.25, 0.3) is 0 Å². The predicted molar refractivity (Wildman–Crippen MR) is 119 cm³/mol. The first-order chi connectivity index (χ1) is 14.4. The number of nitrogens with zero attached hydrogens (tertiary/aromatic N) is 3. The van der Waals surface area contributed by atoms with Gasteiger partial charge in [0.2, 0.25) is 11.8 Å². The molecule has 0 aliphatic rings. The summed E-state index contributed by atoms with van der Waals surface area (Å²) in [6.45, 7) is 3.86. The van der Waals surface area contributed by atoms with E-state index in [0.717, 1.165) is 28.2 Å². The number of hydrogen-bond acceptors (Lipinski definition) is 5. The van der Waals surface area contributed by atoms with Gasteiger partial charge in [-0.25, -0.2) is 0 Å². The summed E-state index contributed by atoms with van der Waals surface area (Å²) in [5, 5.41) is 14.5. The highest BCUT2D eigenvalue weighted by Crippen LogP contribution is 2.18. The molecule has 0 bridgehead atoms. The topological polar surface area (TPSA) is 88.9 Å². The molecule has 3 rings (SSSR count). The van der Waals surface area contributed by atoms with Gasteiger partial charge in [0.15, 0.2) is 5.16 Å². The summed E-state index contributed by atoms with van der Waals surface area (Å²) in [6, 6.07) is 15.8. The number of amides is 2. The van der Waals surface area contributed by atoms with E-state index in [-0.39, 0.29) is 24.1 Å². The minimum absolute atomic E-state index is 0.0785. The second-order valence-electron chi connectivity index (χ2n) is 6.98. The largest absolute Gasteiger partial charge is 0.346 e. The molecule has 1 aromatic heterocycles. The Hall–Kier alpha value is -3.13. The van der Waals surface area contributed by atoms with Crippen molar-refractivity contribution in [2.75, 3.05) is 17.6 Å². The average molecular weight is 424 g/mol. The van der Waals surface area contributed by atoms with Gasteiger partial charge in [-0.3, -0.25) is 9.59 Å². The second-order valence-corrected chi connectivity index (χ2v) is 7.92. The van der Waals surface area contributed by atoms with Crippen LogP contribution in [-0.2, 0) is 23.1 Å². The Labute approximate surface area is 180 Å². The van der Waals surface area contributed by atoms with E-state index in [1.54, 1.807) is 0 Å². The van der Waals surface area contributed by atoms with Gasteiger partial charge in [0.05, 0.1) is 12.3 Å². The number of carbonyl (C=O) groups is 2. The summed E-state index contributed by atoms with van der Waals surface area (Å²) < 4.78 is 1.89. The Morgan fingerprint density at radius 2 is 1.77 bits per heavy atom. The highest BCUT2D eigenvalue weighted by molar-refractivity contribution is 7.99. The lowest BCUT2D eigenvalue weighted by molar-refractivity contribution is -0.122. The Morgan fingerprint density at radius 3 is 2.53 bits per heavy atom. The highest BCUT2D eigenvalue weighted by atomic mass is 32.2. The quantitative estimate of drug-likeness (QED) is 0.544. The molecule has 0 saturated carbocycles. The third kappa shape index (κ3) is 5.70. The van der Waals surface area contributed by atoms with E-state index in [9.17, 15) is 9.59 Å². The van der Waals surface area contributed by atoms with Crippen molar-refractivity contribution >= 4 is 29.3 Å². The van der Waals surface area contributed by atoms with Crippen molar-refractivity contribution < 1.29 is 9.59 Å². The molecule has 30 heavy (non-hydrogen) atoms. The van der Waals surface area contributed by atoms with Gasteiger partial charge >= 0.3 is 0 Å². The lowest BCUT2D eigenvalue weighted by Gasteiger charge is -2.11. The monoisotopic (exact) mass is 423 g/mol. The number of rotatable bonds is 8. The fourth-order valence-corrected chi connectivity index (χ4v) is 3.60. The smallest absolute Gasteiger partial charge is 0.243 e. The first-order valence-electron chi connectivity index (χ1n) is 9.62. The van der Waals surface area contributed by atoms with Crippen LogP contribution < -0.4 is 10.6 Å². The van der Waals surface area contributed by atoms with Crippen molar-refractivity contribution in [1.29, 1.82) is 0 Å². The van der Waals surface area contributed by atoms with E-state index < -0.39 is 0 Å². The van der Waals surface area contributed by atoms with Crippen LogP contribution in [0.15, 0.2) is 53.7 Å². The maximum atomic E-state index is 12.1. The Kier molecular flexibility index (Phi) is 7.24. The van der Waals surface area contributed by atoms with Crippen LogP contribution >= 0.6 is 11.8 Å². The molecule has 8 heteroatoms. The molecule has 7 nitrogen and oxygen atoms in total. The lowest BCUT2D eigenvalue weighted by Crippen LogP contribution is -2.34. The van der Waals surface area contributed by atoms with Crippen molar-refractivity contribution in [2.45, 2.75) is 25.4 Å². The molecule has 0 aliphatic carbocycles. The fraction of sp³-hybridized carbons (Fsp3) is 0.273. The van der Waals surface area contributed by atoms with Crippen molar-refractivity contribution in [2.24, 2.45) is 7.05 Å². The summed E-state index contributed by atoms with van der Waals surface area (Å²) in [5.41, 5.74) is 4.02. The number of hydrogen-bond donors (Lipinski definition) is 2. The number of aromatic nitrogens is 3. The molecule has 1 heterocycles. The van der Waals surface area contributed by atoms with Crippen LogP contribution in [0.1, 0.15) is 22.5 Å². The molecule has 2 amide bonds. The predicted octanol–water partition coefficient (Wildman–Crippen LogP) is 2.87. The van der Waals surface area contributed by atoms with Gasteiger partial charge < -0.3 is 15.2 Å². The molecule has 0 atom stereocenters. The molecule has 0 aliphatic heterocycles. The molecule has 0 unspecified atom stereocenters. The minimum Gasteiger partial charge on any atom is -0.346 e. The molecule has 2 N–H and O–H groups in total. The zero-order valence-corrected chi connectivity index (χ0v) is 18.1. The molecule has 0 radical (unpaired) electrons. The van der Waals surface area contributed by atoms with E-state index in [2.05, 4.69) is 20.8 Å². The average Bonchev–Trinajstić information content (AvgIpc) is 3.08. The summed E-state index contributed by atoms with van der Waals surface area (Å²) >= 11 is 1.29. The summed E-state index contributed by atoms with van der Waals surface area (Å²) in [4.78, 5) is 24.3. The summed E-state index contributed by atoms with van der Waals surface area (Å²) in [7, 11) is 1.89. The van der Waals surface area contributed by atoms with Crippen LogP contribution in [0.3, 0.4) is 0 Å². The maximum Gasteiger partial charge on any atom is 0.243 e. The van der Waals surface area contributed by atoms with Crippen LogP contribution in [0.2, 0.25) is 0 Å². The van der Waals surface area contributed by atoms with Crippen LogP contribution in [0, 0.1) is 13.8 Å². The number of carbonyl (C=O) groups excluding carboxylic acids is 2. The van der Waals surface area contributed by atoms with Gasteiger partial charge in [-0.05, 0) is 36.6 Å². The molecule has 0 fully saturated rings. The number of benzene rings is 2. The molecule has 2 aromatic carbocycles. The number of nitrogens with one attached hydrogen (secondary N) is 2. The lowest BCUT2D eigenvalue weighted by atomic mass is 10.1. The molecule has 156 valence electrons. The first kappa shape index (κ1) is 21.6. The van der Waals surface area contributed by atoms with Crippen LogP contribution in [0.25, 0.3) is 0 Å². The number of anilines is 1. The Balaban J connectivity index is 1.45. The number of aryl methyl sites for hydroxylation is 1. The van der Waals surface area contributed by atoms with E-state index in [1.165, 1.54) is 11.8 Å². The maximum absolute atomic E-state index is 12.1. The third-order valence-corrected chi connectivity index (χ3v) is 5.81. The van der Waals surface area contributed by atoms with Gasteiger partial charge in [0, 0.05) is 19.2 Å². The van der Waals surface area contributed by atoms with E-state index in [0.29, 0.717) is 11.6 Å². The van der Waals surface area contributed by atoms with E-state index in [4.69, 9.17) is 0 Å². The normalized spacial score (nSPS) is 10.6. The van der Waals surface area contributed by atoms with Gasteiger partial charge in [-0.2, -0.15) is 0 Å². The molecule has 3 aromatic rings. The van der Waals surface area contributed by atoms with Gasteiger partial charge in [0.1, 0.15) is 5.82 Å². The van der Waals surface area contributed by atoms with Crippen molar-refractivity contribution in [3.8, 4) is 0 Å².